The highest BCUT2D eigenvalue weighted by molar-refractivity contribution is 6.38. The molecule has 2 rings (SSSR count). The van der Waals surface area contributed by atoms with Gasteiger partial charge in [0.05, 0.1) is 0 Å². The highest BCUT2D eigenvalue weighted by atomic mass is 35.5. The molecule has 0 aliphatic heterocycles. The van der Waals surface area contributed by atoms with Crippen LogP contribution in [0.1, 0.15) is 0 Å². The molecule has 0 aliphatic rings. The molecule has 8 heteroatoms. The largest absolute Gasteiger partial charge is 0.785 e. The van der Waals surface area contributed by atoms with Crippen LogP contribution in [0.25, 0.3) is 0 Å². The summed E-state index contributed by atoms with van der Waals surface area (Å²) in [4.78, 5) is 0. The molecule has 0 unspecified atom stereocenters. The summed E-state index contributed by atoms with van der Waals surface area (Å²) in [5, 5.41) is 11.2. The molecule has 0 fully saturated rings. The van der Waals surface area contributed by atoms with E-state index in [0.717, 1.165) is 0 Å². The molecule has 0 saturated heterocycles. The van der Waals surface area contributed by atoms with E-state index in [1.165, 1.54) is 24.3 Å². The smallest absolute Gasteiger partial charge is 0.501 e. The molecule has 0 aromatic heterocycles. The van der Waals surface area contributed by atoms with Crippen LogP contribution in [0.15, 0.2) is 36.4 Å². The monoisotopic (exact) mass is 350 g/mol. The lowest BCUT2D eigenvalue weighted by Crippen LogP contribution is -2.29. The molecule has 0 atom stereocenters. The number of benzene rings is 2. The van der Waals surface area contributed by atoms with Crippen LogP contribution in [0.5, 0.6) is 11.5 Å². The molecule has 2 aromatic carbocycles. The van der Waals surface area contributed by atoms with Crippen LogP contribution in [0.3, 0.4) is 0 Å². The number of hydrogen-bond donors (Lipinski definition) is 1. The molecule has 2 aromatic rings. The maximum Gasteiger partial charge on any atom is 0.785 e. The van der Waals surface area contributed by atoms with Crippen LogP contribution in [-0.4, -0.2) is 12.3 Å². The standard InChI is InChI=1S/C12H7BCl4O3/c14-7-1-8(15)4-11(3-7)19-13(18)20-12-5-9(16)2-10(17)6-12/h1-6,18H. The molecule has 1 N–H and O–H groups in total. The highest BCUT2D eigenvalue weighted by Gasteiger charge is 2.22. The van der Waals surface area contributed by atoms with Crippen LogP contribution in [0, 0.1) is 0 Å². The SMILES string of the molecule is OB(Oc1cc(Cl)cc(Cl)c1)Oc1cc(Cl)cc(Cl)c1. The zero-order chi connectivity index (χ0) is 14.7. The lowest BCUT2D eigenvalue weighted by molar-refractivity contribution is 0.298. The lowest BCUT2D eigenvalue weighted by Gasteiger charge is -2.12. The molecular formula is C12H7BCl4O3. The molecular weight excluding hydrogens is 345 g/mol. The Labute approximate surface area is 136 Å². The van der Waals surface area contributed by atoms with Gasteiger partial charge in [0, 0.05) is 20.1 Å². The molecule has 0 aliphatic carbocycles. The van der Waals surface area contributed by atoms with Crippen molar-refractivity contribution in [3.05, 3.63) is 56.5 Å². The van der Waals surface area contributed by atoms with Gasteiger partial charge in [-0.2, -0.15) is 0 Å². The Bertz CT molecular complexity index is 530. The Morgan fingerprint density at radius 1 is 0.650 bits per heavy atom. The Balaban J connectivity index is 2.06. The fourth-order valence-electron chi connectivity index (χ4n) is 1.45. The topological polar surface area (TPSA) is 38.7 Å². The molecule has 20 heavy (non-hydrogen) atoms. The van der Waals surface area contributed by atoms with Gasteiger partial charge >= 0.3 is 7.32 Å². The number of halogens is 4. The van der Waals surface area contributed by atoms with Crippen LogP contribution in [0.4, 0.5) is 0 Å². The van der Waals surface area contributed by atoms with E-state index in [4.69, 9.17) is 55.7 Å². The van der Waals surface area contributed by atoms with Crippen LogP contribution in [-0.2, 0) is 0 Å². The van der Waals surface area contributed by atoms with Crippen LogP contribution in [0.2, 0.25) is 20.1 Å². The molecule has 0 amide bonds. The summed E-state index contributed by atoms with van der Waals surface area (Å²) in [7, 11) is -1.56. The normalized spacial score (nSPS) is 10.2. The van der Waals surface area contributed by atoms with Gasteiger partial charge in [-0.15, -0.1) is 0 Å². The van der Waals surface area contributed by atoms with Crippen molar-refractivity contribution in [1.29, 1.82) is 0 Å². The first-order valence-electron chi connectivity index (χ1n) is 5.36. The van der Waals surface area contributed by atoms with Crippen molar-refractivity contribution < 1.29 is 14.3 Å². The van der Waals surface area contributed by atoms with Crippen molar-refractivity contribution in [3.8, 4) is 11.5 Å². The van der Waals surface area contributed by atoms with Crippen molar-refractivity contribution in [2.45, 2.75) is 0 Å². The second kappa shape index (κ2) is 6.79. The summed E-state index contributed by atoms with van der Waals surface area (Å²) >= 11 is 23.3. The zero-order valence-electron chi connectivity index (χ0n) is 9.82. The van der Waals surface area contributed by atoms with Crippen molar-refractivity contribution in [3.63, 3.8) is 0 Å². The third-order valence-corrected chi connectivity index (χ3v) is 3.02. The van der Waals surface area contributed by atoms with Gasteiger partial charge < -0.3 is 14.3 Å². The van der Waals surface area contributed by atoms with Gasteiger partial charge in [0.2, 0.25) is 0 Å². The fraction of sp³-hybridized carbons (Fsp3) is 0. The van der Waals surface area contributed by atoms with E-state index in [1.807, 2.05) is 0 Å². The zero-order valence-corrected chi connectivity index (χ0v) is 12.8. The van der Waals surface area contributed by atoms with E-state index < -0.39 is 7.32 Å². The van der Waals surface area contributed by atoms with E-state index in [0.29, 0.717) is 20.1 Å². The summed E-state index contributed by atoms with van der Waals surface area (Å²) in [6, 6.07) is 9.05. The van der Waals surface area contributed by atoms with E-state index in [9.17, 15) is 5.02 Å². The summed E-state index contributed by atoms with van der Waals surface area (Å²) in [5.41, 5.74) is 0. The summed E-state index contributed by atoms with van der Waals surface area (Å²) in [5.74, 6) is 0.534. The van der Waals surface area contributed by atoms with Crippen molar-refractivity contribution in [1.82, 2.24) is 0 Å². The number of rotatable bonds is 4. The summed E-state index contributed by atoms with van der Waals surface area (Å²) in [6.07, 6.45) is 0. The predicted octanol–water partition coefficient (Wildman–Crippen LogP) is 4.74. The fourth-order valence-corrected chi connectivity index (χ4v) is 2.46. The molecule has 0 saturated carbocycles. The van der Waals surface area contributed by atoms with E-state index in [-0.39, 0.29) is 11.5 Å². The molecule has 3 nitrogen and oxygen atoms in total. The third kappa shape index (κ3) is 4.65. The van der Waals surface area contributed by atoms with E-state index in [1.54, 1.807) is 12.1 Å². The van der Waals surface area contributed by atoms with Crippen LogP contribution < -0.4 is 9.31 Å². The minimum Gasteiger partial charge on any atom is -0.501 e. The van der Waals surface area contributed by atoms with Crippen molar-refractivity contribution in [2.75, 3.05) is 0 Å². The Hall–Kier alpha value is -0.775. The average molecular weight is 352 g/mol. The van der Waals surface area contributed by atoms with E-state index >= 15 is 0 Å². The first-order valence-corrected chi connectivity index (χ1v) is 6.87. The highest BCUT2D eigenvalue weighted by Crippen LogP contribution is 2.26. The first-order chi connectivity index (χ1) is 9.42. The van der Waals surface area contributed by atoms with Gasteiger partial charge in [0.25, 0.3) is 0 Å². The molecule has 0 radical (unpaired) electrons. The summed E-state index contributed by atoms with van der Waals surface area (Å²) in [6.45, 7) is 0. The lowest BCUT2D eigenvalue weighted by atomic mass is 10.2. The van der Waals surface area contributed by atoms with Gasteiger partial charge in [-0.1, -0.05) is 46.4 Å². The second-order valence-electron chi connectivity index (χ2n) is 3.75. The second-order valence-corrected chi connectivity index (χ2v) is 5.50. The summed E-state index contributed by atoms with van der Waals surface area (Å²) < 4.78 is 10.3. The van der Waals surface area contributed by atoms with E-state index in [2.05, 4.69) is 0 Å². The Kier molecular flexibility index (Phi) is 5.30. The molecule has 0 heterocycles. The van der Waals surface area contributed by atoms with Crippen LogP contribution >= 0.6 is 46.4 Å². The third-order valence-electron chi connectivity index (χ3n) is 2.15. The van der Waals surface area contributed by atoms with Gasteiger partial charge in [-0.25, -0.2) is 0 Å². The van der Waals surface area contributed by atoms with Gasteiger partial charge in [0.1, 0.15) is 11.5 Å². The van der Waals surface area contributed by atoms with Crippen molar-refractivity contribution in [2.24, 2.45) is 0 Å². The quantitative estimate of drug-likeness (QED) is 0.809. The molecule has 0 spiro atoms. The van der Waals surface area contributed by atoms with Crippen molar-refractivity contribution >= 4 is 53.7 Å². The first kappa shape index (κ1) is 15.6. The molecule has 104 valence electrons. The minimum absolute atomic E-state index is 0.267. The maximum absolute atomic E-state index is 9.70. The maximum atomic E-state index is 9.70. The average Bonchev–Trinajstić information content (AvgIpc) is 2.24. The Morgan fingerprint density at radius 2 is 0.950 bits per heavy atom. The number of hydrogen-bond acceptors (Lipinski definition) is 3. The molecule has 0 bridgehead atoms. The predicted molar refractivity (Wildman–Crippen MR) is 82.2 cm³/mol. The van der Waals surface area contributed by atoms with Gasteiger partial charge in [0.15, 0.2) is 0 Å². The minimum atomic E-state index is -1.56. The van der Waals surface area contributed by atoms with Gasteiger partial charge in [-0.05, 0) is 36.4 Å². The Morgan fingerprint density at radius 3 is 1.25 bits per heavy atom. The van der Waals surface area contributed by atoms with Gasteiger partial charge in [-0.3, -0.25) is 0 Å².